The lowest BCUT2D eigenvalue weighted by Gasteiger charge is -2.19. The second-order valence-corrected chi connectivity index (χ2v) is 6.57. The fraction of sp³-hybridized carbons (Fsp3) is 0.167. The lowest BCUT2D eigenvalue weighted by atomic mass is 10.1. The van der Waals surface area contributed by atoms with Gasteiger partial charge >= 0.3 is 17.8 Å². The Labute approximate surface area is 163 Å². The minimum atomic E-state index is -0.977. The summed E-state index contributed by atoms with van der Waals surface area (Å²) < 4.78 is 13.5. The zero-order valence-electron chi connectivity index (χ0n) is 14.4. The molecule has 0 saturated carbocycles. The third-order valence-electron chi connectivity index (χ3n) is 4.33. The SMILES string of the molecule is NC(=[N+]=O)N[C@H]1Cc2ccccc2[C@@H]1NC(=O)C(=O)Nc1ccc(Cl)c(F)c1. The summed E-state index contributed by atoms with van der Waals surface area (Å²) in [6.45, 7) is 0. The van der Waals surface area contributed by atoms with Crippen molar-refractivity contribution in [2.75, 3.05) is 5.32 Å². The number of nitroso groups, excluding NO2 is 1. The fourth-order valence-electron chi connectivity index (χ4n) is 3.09. The van der Waals surface area contributed by atoms with Crippen LogP contribution in [0.25, 0.3) is 0 Å². The molecule has 0 spiro atoms. The van der Waals surface area contributed by atoms with Crippen LogP contribution in [0.5, 0.6) is 0 Å². The van der Waals surface area contributed by atoms with Gasteiger partial charge in [0, 0.05) is 21.9 Å². The third-order valence-corrected chi connectivity index (χ3v) is 4.64. The van der Waals surface area contributed by atoms with E-state index < -0.39 is 29.7 Å². The highest BCUT2D eigenvalue weighted by Crippen LogP contribution is 2.31. The van der Waals surface area contributed by atoms with E-state index >= 15 is 0 Å². The molecule has 2 atom stereocenters. The van der Waals surface area contributed by atoms with Crippen LogP contribution in [0.3, 0.4) is 0 Å². The van der Waals surface area contributed by atoms with Gasteiger partial charge in [0.1, 0.15) is 11.9 Å². The molecule has 0 unspecified atom stereocenters. The number of hydrogen-bond donors (Lipinski definition) is 4. The molecule has 0 radical (unpaired) electrons. The first-order valence-corrected chi connectivity index (χ1v) is 8.64. The molecule has 5 N–H and O–H groups in total. The molecule has 144 valence electrons. The van der Waals surface area contributed by atoms with Gasteiger partial charge in [0.05, 0.1) is 11.1 Å². The van der Waals surface area contributed by atoms with Crippen LogP contribution in [0.15, 0.2) is 42.5 Å². The monoisotopic (exact) mass is 404 g/mol. The normalized spacial score (nSPS) is 17.2. The molecule has 0 heterocycles. The lowest BCUT2D eigenvalue weighted by Crippen LogP contribution is -2.49. The Balaban J connectivity index is 1.75. The number of carbonyl (C=O) groups is 2. The first-order chi connectivity index (χ1) is 13.4. The van der Waals surface area contributed by atoms with Crippen molar-refractivity contribution in [3.8, 4) is 0 Å². The summed E-state index contributed by atoms with van der Waals surface area (Å²) in [5, 5.41) is 7.56. The second-order valence-electron chi connectivity index (χ2n) is 6.16. The van der Waals surface area contributed by atoms with Gasteiger partial charge in [-0.3, -0.25) is 20.6 Å². The highest BCUT2D eigenvalue weighted by Gasteiger charge is 2.37. The van der Waals surface area contributed by atoms with Crippen molar-refractivity contribution in [1.29, 1.82) is 0 Å². The van der Waals surface area contributed by atoms with Crippen molar-refractivity contribution in [1.82, 2.24) is 15.5 Å². The van der Waals surface area contributed by atoms with Crippen molar-refractivity contribution in [3.63, 3.8) is 0 Å². The topological polar surface area (TPSA) is 127 Å². The summed E-state index contributed by atoms with van der Waals surface area (Å²) in [6.07, 6.45) is 0.474. The summed E-state index contributed by atoms with van der Waals surface area (Å²) in [4.78, 5) is 37.8. The molecule has 0 bridgehead atoms. The van der Waals surface area contributed by atoms with Crippen molar-refractivity contribution in [3.05, 3.63) is 69.3 Å². The van der Waals surface area contributed by atoms with Gasteiger partial charge in [-0.2, -0.15) is 0 Å². The fourth-order valence-corrected chi connectivity index (χ4v) is 3.21. The average Bonchev–Trinajstić information content (AvgIpc) is 3.01. The predicted molar refractivity (Wildman–Crippen MR) is 103 cm³/mol. The van der Waals surface area contributed by atoms with Gasteiger partial charge in [0.15, 0.2) is 0 Å². The molecule has 8 nitrogen and oxygen atoms in total. The van der Waals surface area contributed by atoms with E-state index in [-0.39, 0.29) is 16.7 Å². The van der Waals surface area contributed by atoms with Crippen LogP contribution in [0.4, 0.5) is 10.1 Å². The van der Waals surface area contributed by atoms with Crippen LogP contribution in [0, 0.1) is 10.7 Å². The minimum absolute atomic E-state index is 0.0891. The maximum Gasteiger partial charge on any atom is 0.486 e. The number of benzene rings is 2. The number of hydrogen-bond acceptors (Lipinski definition) is 3. The van der Waals surface area contributed by atoms with Crippen molar-refractivity contribution in [2.24, 2.45) is 5.73 Å². The first kappa shape index (κ1) is 19.3. The molecule has 0 fully saturated rings. The van der Waals surface area contributed by atoms with Gasteiger partial charge < -0.3 is 10.6 Å². The zero-order valence-corrected chi connectivity index (χ0v) is 15.2. The molecule has 28 heavy (non-hydrogen) atoms. The summed E-state index contributed by atoms with van der Waals surface area (Å²) in [5.41, 5.74) is 7.27. The summed E-state index contributed by atoms with van der Waals surface area (Å²) in [7, 11) is 0. The molecule has 3 rings (SSSR count). The van der Waals surface area contributed by atoms with Crippen LogP contribution in [0.1, 0.15) is 17.2 Å². The van der Waals surface area contributed by atoms with Gasteiger partial charge in [0.2, 0.25) is 0 Å². The Kier molecular flexibility index (Phi) is 5.58. The van der Waals surface area contributed by atoms with E-state index in [0.29, 0.717) is 6.42 Å². The maximum absolute atomic E-state index is 13.5. The van der Waals surface area contributed by atoms with E-state index in [1.807, 2.05) is 12.1 Å². The Morgan fingerprint density at radius 2 is 1.89 bits per heavy atom. The van der Waals surface area contributed by atoms with Gasteiger partial charge in [-0.15, -0.1) is 0 Å². The molecule has 1 aliphatic rings. The number of anilines is 1. The van der Waals surface area contributed by atoms with E-state index in [1.165, 1.54) is 12.1 Å². The number of fused-ring (bicyclic) bond motifs is 1. The molecule has 0 saturated heterocycles. The Morgan fingerprint density at radius 1 is 1.14 bits per heavy atom. The minimum Gasteiger partial charge on any atom is -0.337 e. The predicted octanol–water partition coefficient (Wildman–Crippen LogP) is 0.938. The lowest BCUT2D eigenvalue weighted by molar-refractivity contribution is -0.136. The van der Waals surface area contributed by atoms with Crippen LogP contribution in [0.2, 0.25) is 5.02 Å². The van der Waals surface area contributed by atoms with Crippen LogP contribution >= 0.6 is 11.6 Å². The number of guanidine groups is 1. The summed E-state index contributed by atoms with van der Waals surface area (Å²) in [5.74, 6) is -2.95. The molecule has 10 heteroatoms. The molecule has 2 amide bonds. The highest BCUT2D eigenvalue weighted by atomic mass is 35.5. The number of rotatable bonds is 3. The summed E-state index contributed by atoms with van der Waals surface area (Å²) >= 11 is 5.59. The smallest absolute Gasteiger partial charge is 0.337 e. The van der Waals surface area contributed by atoms with Crippen molar-refractivity contribution >= 4 is 35.1 Å². The van der Waals surface area contributed by atoms with Gasteiger partial charge in [0.25, 0.3) is 0 Å². The molecule has 1 aliphatic carbocycles. The van der Waals surface area contributed by atoms with E-state index in [4.69, 9.17) is 17.3 Å². The van der Waals surface area contributed by atoms with Gasteiger partial charge in [-0.05, 0) is 29.3 Å². The molecular formula is C18H16ClFN5O3+. The number of halogens is 2. The number of nitrogens with one attached hydrogen (secondary N) is 3. The van der Waals surface area contributed by atoms with Crippen molar-refractivity contribution in [2.45, 2.75) is 18.5 Å². The highest BCUT2D eigenvalue weighted by molar-refractivity contribution is 6.39. The Morgan fingerprint density at radius 3 is 2.61 bits per heavy atom. The molecule has 2 aromatic carbocycles. The number of nitrogens with zero attached hydrogens (tertiary/aromatic N) is 1. The van der Waals surface area contributed by atoms with Crippen LogP contribution < -0.4 is 26.5 Å². The number of carbonyl (C=O) groups excluding carboxylic acids is 2. The maximum atomic E-state index is 13.5. The second kappa shape index (κ2) is 8.08. The zero-order chi connectivity index (χ0) is 20.3. The van der Waals surface area contributed by atoms with E-state index in [2.05, 4.69) is 20.8 Å². The Hall–Kier alpha value is -3.42. The van der Waals surface area contributed by atoms with Crippen molar-refractivity contribution < 1.29 is 14.0 Å². The van der Waals surface area contributed by atoms with Gasteiger partial charge in [-0.1, -0.05) is 35.9 Å². The van der Waals surface area contributed by atoms with E-state index in [1.54, 1.807) is 12.1 Å². The van der Waals surface area contributed by atoms with Crippen LogP contribution in [-0.2, 0) is 16.0 Å². The quantitative estimate of drug-likeness (QED) is 0.262. The number of amides is 2. The first-order valence-electron chi connectivity index (χ1n) is 8.26. The van der Waals surface area contributed by atoms with Crippen LogP contribution in [-0.4, -0.2) is 23.8 Å². The molecule has 0 aromatic heterocycles. The van der Waals surface area contributed by atoms with Gasteiger partial charge in [-0.25, -0.2) is 4.39 Å². The largest absolute Gasteiger partial charge is 0.486 e. The Bertz CT molecular complexity index is 993. The molecular weight excluding hydrogens is 389 g/mol. The molecule has 2 aromatic rings. The standard InChI is InChI=1S/C18H15ClFN5O3/c19-12-6-5-10(8-13(12)20)22-16(26)17(27)24-15-11-4-2-1-3-9(11)7-14(15)23-18(21)25-28/h1-6,8,14-15H,7H2,(H4,21,22,23,24,26,27)/p+1/t14-,15-/m0/s1. The summed E-state index contributed by atoms with van der Waals surface area (Å²) in [6, 6.07) is 9.88. The van der Waals surface area contributed by atoms with E-state index in [9.17, 15) is 18.9 Å². The third kappa shape index (κ3) is 4.11. The average molecular weight is 405 g/mol. The molecule has 0 aliphatic heterocycles. The number of nitrogens with two attached hydrogens (primary N) is 1. The van der Waals surface area contributed by atoms with E-state index in [0.717, 1.165) is 17.2 Å².